The van der Waals surface area contributed by atoms with Crippen LogP contribution in [0.3, 0.4) is 0 Å². The van der Waals surface area contributed by atoms with Gasteiger partial charge in [-0.3, -0.25) is 14.9 Å². The fourth-order valence-electron chi connectivity index (χ4n) is 1.99. The van der Waals surface area contributed by atoms with Crippen molar-refractivity contribution >= 4 is 34.8 Å². The lowest BCUT2D eigenvalue weighted by atomic mass is 10.1. The average Bonchev–Trinajstić information content (AvgIpc) is 2.52. The second-order valence-corrected chi connectivity index (χ2v) is 5.51. The van der Waals surface area contributed by atoms with Gasteiger partial charge < -0.3 is 10.1 Å². The first-order valence-corrected chi connectivity index (χ1v) is 7.33. The molecule has 0 aliphatic carbocycles. The molecule has 0 aromatic heterocycles. The molecule has 0 aliphatic heterocycles. The highest BCUT2D eigenvalue weighted by atomic mass is 35.5. The maximum atomic E-state index is 13.7. The fraction of sp³-hybridized carbons (Fsp3) is 0.133. The number of hydrogen-bond acceptors (Lipinski definition) is 4. The largest absolute Gasteiger partial charge is 0.494 e. The highest BCUT2D eigenvalue weighted by Crippen LogP contribution is 2.33. The third-order valence-electron chi connectivity index (χ3n) is 3.12. The standard InChI is InChI=1S/C15H11Cl2FN2O4/c1-24-14-11(16)4-8(5-12(14)17)7-19-15(21)10-6-9(20(22)23)2-3-13(10)18/h2-6H,7H2,1H3,(H,19,21). The van der Waals surface area contributed by atoms with Gasteiger partial charge in [0.05, 0.1) is 27.6 Å². The Morgan fingerprint density at radius 2 is 1.92 bits per heavy atom. The molecule has 126 valence electrons. The van der Waals surface area contributed by atoms with Crippen molar-refractivity contribution in [2.45, 2.75) is 6.54 Å². The number of nitro benzene ring substituents is 1. The van der Waals surface area contributed by atoms with Crippen LogP contribution in [0.1, 0.15) is 15.9 Å². The molecule has 2 aromatic carbocycles. The van der Waals surface area contributed by atoms with Crippen molar-refractivity contribution in [3.05, 3.63) is 67.4 Å². The molecule has 9 heteroatoms. The van der Waals surface area contributed by atoms with Crippen LogP contribution in [0.25, 0.3) is 0 Å². The van der Waals surface area contributed by atoms with Crippen molar-refractivity contribution in [1.29, 1.82) is 0 Å². The highest BCUT2D eigenvalue weighted by molar-refractivity contribution is 6.37. The summed E-state index contributed by atoms with van der Waals surface area (Å²) >= 11 is 12.0. The lowest BCUT2D eigenvalue weighted by molar-refractivity contribution is -0.384. The van der Waals surface area contributed by atoms with Crippen LogP contribution < -0.4 is 10.1 Å². The van der Waals surface area contributed by atoms with Crippen molar-refractivity contribution in [3.8, 4) is 5.75 Å². The molecular weight excluding hydrogens is 362 g/mol. The molecule has 0 saturated heterocycles. The summed E-state index contributed by atoms with van der Waals surface area (Å²) in [4.78, 5) is 22.0. The molecule has 2 aromatic rings. The molecule has 0 saturated carbocycles. The zero-order valence-electron chi connectivity index (χ0n) is 12.3. The van der Waals surface area contributed by atoms with Crippen LogP contribution in [0.15, 0.2) is 30.3 Å². The number of nitro groups is 1. The predicted octanol–water partition coefficient (Wildman–Crippen LogP) is 3.98. The van der Waals surface area contributed by atoms with Crippen LogP contribution in [0.4, 0.5) is 10.1 Å². The Balaban J connectivity index is 2.17. The highest BCUT2D eigenvalue weighted by Gasteiger charge is 2.17. The minimum atomic E-state index is -0.858. The molecular formula is C15H11Cl2FN2O4. The van der Waals surface area contributed by atoms with Crippen molar-refractivity contribution in [2.24, 2.45) is 0 Å². The van der Waals surface area contributed by atoms with E-state index in [-0.39, 0.29) is 22.3 Å². The quantitative estimate of drug-likeness (QED) is 0.635. The Kier molecular flexibility index (Phi) is 5.58. The summed E-state index contributed by atoms with van der Waals surface area (Å²) in [5, 5.41) is 13.7. The van der Waals surface area contributed by atoms with E-state index in [2.05, 4.69) is 5.32 Å². The van der Waals surface area contributed by atoms with Gasteiger partial charge in [-0.2, -0.15) is 0 Å². The molecule has 0 unspecified atom stereocenters. The van der Waals surface area contributed by atoms with Crippen molar-refractivity contribution in [1.82, 2.24) is 5.32 Å². The van der Waals surface area contributed by atoms with E-state index in [0.29, 0.717) is 11.3 Å². The molecule has 24 heavy (non-hydrogen) atoms. The Morgan fingerprint density at radius 1 is 1.29 bits per heavy atom. The average molecular weight is 373 g/mol. The van der Waals surface area contributed by atoms with Gasteiger partial charge in [0.25, 0.3) is 11.6 Å². The molecule has 0 fully saturated rings. The van der Waals surface area contributed by atoms with Gasteiger partial charge in [-0.15, -0.1) is 0 Å². The van der Waals surface area contributed by atoms with Gasteiger partial charge in [-0.05, 0) is 23.8 Å². The summed E-state index contributed by atoms with van der Waals surface area (Å²) in [6.45, 7) is 0.00436. The van der Waals surface area contributed by atoms with Crippen LogP contribution in [0, 0.1) is 15.9 Å². The van der Waals surface area contributed by atoms with Crippen LogP contribution in [-0.2, 0) is 6.54 Å². The minimum absolute atomic E-state index is 0.00436. The number of hydrogen-bond donors (Lipinski definition) is 1. The maximum absolute atomic E-state index is 13.7. The van der Waals surface area contributed by atoms with Gasteiger partial charge in [0.15, 0.2) is 5.75 Å². The lowest BCUT2D eigenvalue weighted by Gasteiger charge is -2.10. The number of ether oxygens (including phenoxy) is 1. The number of nitrogens with zero attached hydrogens (tertiary/aromatic N) is 1. The van der Waals surface area contributed by atoms with E-state index >= 15 is 0 Å². The Labute approximate surface area is 146 Å². The first-order valence-electron chi connectivity index (χ1n) is 6.57. The first-order chi connectivity index (χ1) is 11.3. The molecule has 0 spiro atoms. The van der Waals surface area contributed by atoms with Crippen LogP contribution in [0.2, 0.25) is 10.0 Å². The van der Waals surface area contributed by atoms with Gasteiger partial charge in [-0.1, -0.05) is 23.2 Å². The van der Waals surface area contributed by atoms with Crippen molar-refractivity contribution < 1.29 is 18.8 Å². The van der Waals surface area contributed by atoms with Gasteiger partial charge in [0.1, 0.15) is 5.82 Å². The number of rotatable bonds is 5. The van der Waals surface area contributed by atoms with E-state index in [9.17, 15) is 19.3 Å². The number of carbonyl (C=O) groups is 1. The molecule has 0 atom stereocenters. The Morgan fingerprint density at radius 3 is 2.46 bits per heavy atom. The molecule has 1 N–H and O–H groups in total. The fourth-order valence-corrected chi connectivity index (χ4v) is 2.67. The van der Waals surface area contributed by atoms with Crippen molar-refractivity contribution in [2.75, 3.05) is 7.11 Å². The minimum Gasteiger partial charge on any atom is -0.494 e. The Hall–Kier alpha value is -2.38. The van der Waals surface area contributed by atoms with Crippen molar-refractivity contribution in [3.63, 3.8) is 0 Å². The SMILES string of the molecule is COc1c(Cl)cc(CNC(=O)c2cc([N+](=O)[O-])ccc2F)cc1Cl. The van der Waals surface area contributed by atoms with E-state index in [1.54, 1.807) is 0 Å². The van der Waals surface area contributed by atoms with E-state index < -0.39 is 22.2 Å². The molecule has 0 aliphatic rings. The van der Waals surface area contributed by atoms with E-state index in [1.165, 1.54) is 19.2 Å². The zero-order chi connectivity index (χ0) is 17.9. The third kappa shape index (κ3) is 3.93. The molecule has 0 bridgehead atoms. The smallest absolute Gasteiger partial charge is 0.270 e. The normalized spacial score (nSPS) is 10.3. The number of methoxy groups -OCH3 is 1. The number of carbonyl (C=O) groups excluding carboxylic acids is 1. The molecule has 6 nitrogen and oxygen atoms in total. The molecule has 1 amide bonds. The first kappa shape index (κ1) is 18.0. The zero-order valence-corrected chi connectivity index (χ0v) is 13.8. The predicted molar refractivity (Wildman–Crippen MR) is 87.2 cm³/mol. The second kappa shape index (κ2) is 7.46. The van der Waals surface area contributed by atoms with Gasteiger partial charge >= 0.3 is 0 Å². The van der Waals surface area contributed by atoms with Crippen LogP contribution in [-0.4, -0.2) is 17.9 Å². The Bertz CT molecular complexity index is 791. The number of amides is 1. The van der Waals surface area contributed by atoms with Crippen LogP contribution in [0.5, 0.6) is 5.75 Å². The summed E-state index contributed by atoms with van der Waals surface area (Å²) in [7, 11) is 1.42. The monoisotopic (exact) mass is 372 g/mol. The summed E-state index contributed by atoms with van der Waals surface area (Å²) in [5.74, 6) is -1.35. The van der Waals surface area contributed by atoms with E-state index in [0.717, 1.165) is 18.2 Å². The lowest BCUT2D eigenvalue weighted by Crippen LogP contribution is -2.24. The maximum Gasteiger partial charge on any atom is 0.270 e. The number of halogens is 3. The summed E-state index contributed by atoms with van der Waals surface area (Å²) < 4.78 is 18.7. The summed E-state index contributed by atoms with van der Waals surface area (Å²) in [6, 6.07) is 5.80. The number of nitrogens with one attached hydrogen (secondary N) is 1. The summed E-state index contributed by atoms with van der Waals surface area (Å²) in [5.41, 5.74) is -0.239. The van der Waals surface area contributed by atoms with E-state index in [4.69, 9.17) is 27.9 Å². The van der Waals surface area contributed by atoms with Crippen LogP contribution >= 0.6 is 23.2 Å². The third-order valence-corrected chi connectivity index (χ3v) is 3.68. The second-order valence-electron chi connectivity index (χ2n) is 4.70. The molecule has 0 heterocycles. The molecule has 0 radical (unpaired) electrons. The topological polar surface area (TPSA) is 81.5 Å². The van der Waals surface area contributed by atoms with Gasteiger partial charge in [0, 0.05) is 18.7 Å². The van der Waals surface area contributed by atoms with Gasteiger partial charge in [-0.25, -0.2) is 4.39 Å². The number of non-ortho nitro benzene ring substituents is 1. The number of benzene rings is 2. The summed E-state index contributed by atoms with van der Waals surface area (Å²) in [6.07, 6.45) is 0. The van der Waals surface area contributed by atoms with Gasteiger partial charge in [0.2, 0.25) is 0 Å². The molecule has 2 rings (SSSR count). The van der Waals surface area contributed by atoms with E-state index in [1.807, 2.05) is 0 Å².